The van der Waals surface area contributed by atoms with Crippen LogP contribution >= 0.6 is 0 Å². The first kappa shape index (κ1) is 56.3. The molecular weight excluding hydrogens is 723 g/mol. The van der Waals surface area contributed by atoms with Crippen molar-refractivity contribution >= 4 is 5.91 Å². The van der Waals surface area contributed by atoms with Crippen LogP contribution in [0.15, 0.2) is 97.2 Å². The maximum atomic E-state index is 12.4. The lowest BCUT2D eigenvalue weighted by molar-refractivity contribution is -0.122. The monoisotopic (exact) mass is 818 g/mol. The number of aliphatic hydroxyl groups excluding tert-OH is 2. The third-order valence-electron chi connectivity index (χ3n) is 10.8. The van der Waals surface area contributed by atoms with Gasteiger partial charge in [0.15, 0.2) is 0 Å². The van der Waals surface area contributed by atoms with Crippen LogP contribution in [0.4, 0.5) is 0 Å². The van der Waals surface area contributed by atoms with Crippen molar-refractivity contribution in [2.75, 3.05) is 6.61 Å². The number of carbonyl (C=O) groups is 1. The molecule has 0 aliphatic rings. The molecule has 0 aromatic heterocycles. The van der Waals surface area contributed by atoms with Gasteiger partial charge in [-0.25, -0.2) is 0 Å². The van der Waals surface area contributed by atoms with Crippen molar-refractivity contribution in [2.45, 2.75) is 238 Å². The van der Waals surface area contributed by atoms with Gasteiger partial charge in [-0.15, -0.1) is 0 Å². The Hall–Kier alpha value is -2.69. The SMILES string of the molecule is CC/C=C\C/C=C\C/C=C\C/C=C\C/C=C\CCCC(=O)NC(CO)C(O)/C=C/CC/C=C/CC/C=C/CCCCCCCCCCCCCCCCCCCCCC. The van der Waals surface area contributed by atoms with Gasteiger partial charge in [-0.1, -0.05) is 233 Å². The Morgan fingerprint density at radius 1 is 0.424 bits per heavy atom. The number of aliphatic hydroxyl groups is 2. The Labute approximate surface area is 366 Å². The van der Waals surface area contributed by atoms with Crippen LogP contribution < -0.4 is 5.32 Å². The van der Waals surface area contributed by atoms with Crippen LogP contribution in [-0.4, -0.2) is 34.9 Å². The molecule has 4 heteroatoms. The lowest BCUT2D eigenvalue weighted by atomic mass is 10.0. The van der Waals surface area contributed by atoms with E-state index >= 15 is 0 Å². The van der Waals surface area contributed by atoms with E-state index in [4.69, 9.17) is 0 Å². The van der Waals surface area contributed by atoms with Crippen molar-refractivity contribution in [3.63, 3.8) is 0 Å². The van der Waals surface area contributed by atoms with Gasteiger partial charge in [0, 0.05) is 6.42 Å². The molecule has 0 heterocycles. The zero-order valence-corrected chi connectivity index (χ0v) is 38.7. The van der Waals surface area contributed by atoms with Gasteiger partial charge in [-0.05, 0) is 83.5 Å². The van der Waals surface area contributed by atoms with Crippen LogP contribution in [0.2, 0.25) is 0 Å². The third kappa shape index (κ3) is 46.2. The first-order valence-corrected chi connectivity index (χ1v) is 25.0. The quantitative estimate of drug-likeness (QED) is 0.0424. The van der Waals surface area contributed by atoms with Gasteiger partial charge in [-0.2, -0.15) is 0 Å². The third-order valence-corrected chi connectivity index (χ3v) is 10.8. The van der Waals surface area contributed by atoms with Gasteiger partial charge in [0.05, 0.1) is 18.8 Å². The molecule has 2 atom stereocenters. The summed E-state index contributed by atoms with van der Waals surface area (Å²) in [5.41, 5.74) is 0. The lowest BCUT2D eigenvalue weighted by Gasteiger charge is -2.19. The standard InChI is InChI=1S/C55H95NO3/c1-3-5-7-9-11-13-15-17-19-21-22-23-24-25-26-27-28-29-30-31-32-33-35-36-38-40-42-44-46-48-50-54(58)53(52-57)56-55(59)51-49-47-45-43-41-39-37-34-20-18-16-14-12-10-8-6-4-2/h6,8,12,14,18,20,33,35,37,39-40,42-43,45,48,50,53-54,57-58H,3-5,7,9-11,13,15-17,19,21-32,34,36,38,41,44,46-47,49,51-52H2,1-2H3,(H,56,59)/b8-6-,14-12-,20-18-,35-33+,39-37-,42-40+,45-43-,50-48+. The van der Waals surface area contributed by atoms with Crippen LogP contribution in [0.5, 0.6) is 0 Å². The predicted molar refractivity (Wildman–Crippen MR) is 262 cm³/mol. The summed E-state index contributed by atoms with van der Waals surface area (Å²) >= 11 is 0. The Balaban J connectivity index is 3.66. The van der Waals surface area contributed by atoms with E-state index in [1.807, 2.05) is 6.08 Å². The molecule has 0 radical (unpaired) electrons. The van der Waals surface area contributed by atoms with Gasteiger partial charge >= 0.3 is 0 Å². The fraction of sp³-hybridized carbons (Fsp3) is 0.691. The molecule has 0 rings (SSSR count). The molecule has 1 amide bonds. The summed E-state index contributed by atoms with van der Waals surface area (Å²) < 4.78 is 0. The van der Waals surface area contributed by atoms with Gasteiger partial charge in [0.25, 0.3) is 0 Å². The largest absolute Gasteiger partial charge is 0.394 e. The molecule has 0 saturated carbocycles. The van der Waals surface area contributed by atoms with Crippen LogP contribution in [-0.2, 0) is 4.79 Å². The maximum Gasteiger partial charge on any atom is 0.220 e. The highest BCUT2D eigenvalue weighted by Gasteiger charge is 2.17. The van der Waals surface area contributed by atoms with E-state index in [0.717, 1.165) is 70.6 Å². The van der Waals surface area contributed by atoms with Crippen molar-refractivity contribution in [3.8, 4) is 0 Å². The van der Waals surface area contributed by atoms with Crippen molar-refractivity contribution in [1.82, 2.24) is 5.32 Å². The van der Waals surface area contributed by atoms with Crippen molar-refractivity contribution in [3.05, 3.63) is 97.2 Å². The highest BCUT2D eigenvalue weighted by Crippen LogP contribution is 2.15. The average molecular weight is 818 g/mol. The van der Waals surface area contributed by atoms with E-state index in [2.05, 4.69) is 104 Å². The predicted octanol–water partition coefficient (Wildman–Crippen LogP) is 16.2. The Bertz CT molecular complexity index is 1110. The highest BCUT2D eigenvalue weighted by molar-refractivity contribution is 5.76. The summed E-state index contributed by atoms with van der Waals surface area (Å²) in [5, 5.41) is 23.0. The minimum atomic E-state index is -0.900. The first-order chi connectivity index (χ1) is 29.2. The lowest BCUT2D eigenvalue weighted by Crippen LogP contribution is -2.45. The Morgan fingerprint density at radius 3 is 1.19 bits per heavy atom. The fourth-order valence-corrected chi connectivity index (χ4v) is 7.01. The number of rotatable bonds is 44. The summed E-state index contributed by atoms with van der Waals surface area (Å²) in [4.78, 5) is 12.4. The van der Waals surface area contributed by atoms with Gasteiger partial charge in [0.2, 0.25) is 5.91 Å². The Kier molecular flexibility index (Phi) is 47.4. The van der Waals surface area contributed by atoms with Crippen molar-refractivity contribution < 1.29 is 15.0 Å². The number of unbranched alkanes of at least 4 members (excludes halogenated alkanes) is 23. The van der Waals surface area contributed by atoms with Crippen LogP contribution in [0.25, 0.3) is 0 Å². The van der Waals surface area contributed by atoms with Crippen LogP contribution in [0.1, 0.15) is 226 Å². The van der Waals surface area contributed by atoms with E-state index in [-0.39, 0.29) is 12.5 Å². The fourth-order valence-electron chi connectivity index (χ4n) is 7.01. The molecule has 3 N–H and O–H groups in total. The minimum absolute atomic E-state index is 0.137. The average Bonchev–Trinajstić information content (AvgIpc) is 3.24. The van der Waals surface area contributed by atoms with Crippen molar-refractivity contribution in [2.24, 2.45) is 0 Å². The zero-order chi connectivity index (χ0) is 42.8. The number of carbonyl (C=O) groups excluding carboxylic acids is 1. The molecule has 338 valence electrons. The smallest absolute Gasteiger partial charge is 0.220 e. The summed E-state index contributed by atoms with van der Waals surface area (Å²) in [6.45, 7) is 4.15. The molecule has 0 aromatic rings. The Morgan fingerprint density at radius 2 is 0.763 bits per heavy atom. The van der Waals surface area contributed by atoms with Crippen LogP contribution in [0, 0.1) is 0 Å². The number of amides is 1. The maximum absolute atomic E-state index is 12.4. The number of nitrogens with one attached hydrogen (secondary N) is 1. The molecule has 0 aromatic carbocycles. The number of allylic oxidation sites excluding steroid dienone is 15. The second-order valence-corrected chi connectivity index (χ2v) is 16.5. The van der Waals surface area contributed by atoms with Crippen molar-refractivity contribution in [1.29, 1.82) is 0 Å². The molecule has 0 aliphatic carbocycles. The second-order valence-electron chi connectivity index (χ2n) is 16.5. The molecule has 0 fully saturated rings. The van der Waals surface area contributed by atoms with Gasteiger partial charge < -0.3 is 15.5 Å². The summed E-state index contributed by atoms with van der Waals surface area (Å²) in [7, 11) is 0. The molecular formula is C55H95NO3. The van der Waals surface area contributed by atoms with Gasteiger partial charge in [-0.3, -0.25) is 4.79 Å². The van der Waals surface area contributed by atoms with Crippen LogP contribution in [0.3, 0.4) is 0 Å². The van der Waals surface area contributed by atoms with E-state index in [0.29, 0.717) is 6.42 Å². The normalized spacial score (nSPS) is 13.8. The summed E-state index contributed by atoms with van der Waals surface area (Å²) in [5.74, 6) is -0.137. The van der Waals surface area contributed by atoms with Gasteiger partial charge in [0.1, 0.15) is 0 Å². The minimum Gasteiger partial charge on any atom is -0.394 e. The summed E-state index contributed by atoms with van der Waals surface area (Å²) in [6.07, 6.45) is 74.1. The molecule has 0 bridgehead atoms. The highest BCUT2D eigenvalue weighted by atomic mass is 16.3. The number of hydrogen-bond donors (Lipinski definition) is 3. The van der Waals surface area contributed by atoms with E-state index in [1.54, 1.807) is 6.08 Å². The van der Waals surface area contributed by atoms with E-state index in [1.165, 1.54) is 135 Å². The second kappa shape index (κ2) is 49.7. The molecule has 59 heavy (non-hydrogen) atoms. The first-order valence-electron chi connectivity index (χ1n) is 25.0. The molecule has 0 saturated heterocycles. The molecule has 0 spiro atoms. The molecule has 2 unspecified atom stereocenters. The van der Waals surface area contributed by atoms with E-state index < -0.39 is 12.1 Å². The molecule has 0 aliphatic heterocycles. The molecule has 4 nitrogen and oxygen atoms in total. The topological polar surface area (TPSA) is 69.6 Å². The van der Waals surface area contributed by atoms with E-state index in [9.17, 15) is 15.0 Å². The number of hydrogen-bond acceptors (Lipinski definition) is 3. The zero-order valence-electron chi connectivity index (χ0n) is 38.7. The summed E-state index contributed by atoms with van der Waals surface area (Å²) in [6, 6.07) is -0.682.